The van der Waals surface area contributed by atoms with E-state index in [1.165, 1.54) is 22.8 Å². The van der Waals surface area contributed by atoms with Gasteiger partial charge in [0.05, 0.1) is 34.4 Å². The third-order valence-electron chi connectivity index (χ3n) is 6.71. The fraction of sp³-hybridized carbons (Fsp3) is 0.0625. The molecule has 0 unspecified atom stereocenters. The average Bonchev–Trinajstić information content (AvgIpc) is 2.97. The fourth-order valence-corrected chi connectivity index (χ4v) is 4.85. The number of alkyl halides is 3. The minimum atomic E-state index is -4.57. The van der Waals surface area contributed by atoms with Crippen molar-refractivity contribution in [3.8, 4) is 16.9 Å². The predicted octanol–water partition coefficient (Wildman–Crippen LogP) is 6.80. The van der Waals surface area contributed by atoms with Gasteiger partial charge in [-0.15, -0.1) is 0 Å². The third kappa shape index (κ3) is 5.17. The molecule has 202 valence electrons. The van der Waals surface area contributed by atoms with Crippen molar-refractivity contribution in [1.82, 2.24) is 14.5 Å². The van der Waals surface area contributed by atoms with Crippen LogP contribution in [0, 0.1) is 0 Å². The van der Waals surface area contributed by atoms with Crippen LogP contribution < -0.4 is 10.9 Å². The molecule has 0 saturated carbocycles. The van der Waals surface area contributed by atoms with Crippen LogP contribution in [0.1, 0.15) is 11.1 Å². The van der Waals surface area contributed by atoms with Gasteiger partial charge >= 0.3 is 6.18 Å². The van der Waals surface area contributed by atoms with Crippen LogP contribution in [-0.2, 0) is 17.4 Å². The highest BCUT2D eigenvalue weighted by molar-refractivity contribution is 6.06. The van der Waals surface area contributed by atoms with Crippen molar-refractivity contribution in [3.63, 3.8) is 0 Å². The molecule has 0 bridgehead atoms. The van der Waals surface area contributed by atoms with Crippen LogP contribution in [0.15, 0.2) is 114 Å². The third-order valence-corrected chi connectivity index (χ3v) is 6.71. The molecule has 0 spiro atoms. The molecule has 3 aromatic carbocycles. The fourth-order valence-electron chi connectivity index (χ4n) is 4.85. The van der Waals surface area contributed by atoms with Crippen LogP contribution in [0.4, 0.5) is 18.9 Å². The number of fused-ring (bicyclic) bond motifs is 3. The van der Waals surface area contributed by atoms with E-state index in [-0.39, 0.29) is 18.0 Å². The number of nitrogens with one attached hydrogen (secondary N) is 1. The Hall–Kier alpha value is -5.31. The highest BCUT2D eigenvalue weighted by Gasteiger charge is 2.30. The molecule has 6 nitrogen and oxygen atoms in total. The summed E-state index contributed by atoms with van der Waals surface area (Å²) in [5, 5.41) is 4.05. The Kier molecular flexibility index (Phi) is 6.55. The molecular weight excluding hydrogens is 529 g/mol. The summed E-state index contributed by atoms with van der Waals surface area (Å²) >= 11 is 0. The SMILES string of the molecule is O=C(Cc1ccccc1)Nc1cccnc1-c1ccc2ncc3ccc(=O)n(-c4cccc(C(F)(F)F)c4)c3c2c1. The zero-order chi connectivity index (χ0) is 28.6. The van der Waals surface area contributed by atoms with E-state index < -0.39 is 17.3 Å². The Morgan fingerprint density at radius 3 is 2.49 bits per heavy atom. The molecule has 0 atom stereocenters. The second-order valence-corrected chi connectivity index (χ2v) is 9.46. The maximum atomic E-state index is 13.5. The number of pyridine rings is 3. The lowest BCUT2D eigenvalue weighted by atomic mass is 10.0. The molecule has 0 fully saturated rings. The first-order valence-corrected chi connectivity index (χ1v) is 12.7. The highest BCUT2D eigenvalue weighted by atomic mass is 19.4. The van der Waals surface area contributed by atoms with Crippen LogP contribution in [0.3, 0.4) is 0 Å². The first kappa shape index (κ1) is 25.9. The van der Waals surface area contributed by atoms with Gasteiger partial charge in [-0.05, 0) is 54.1 Å². The Labute approximate surface area is 231 Å². The summed E-state index contributed by atoms with van der Waals surface area (Å²) in [6.45, 7) is 0. The number of aromatic nitrogens is 3. The molecule has 0 aliphatic carbocycles. The maximum absolute atomic E-state index is 13.5. The molecule has 6 rings (SSSR count). The van der Waals surface area contributed by atoms with E-state index in [1.54, 1.807) is 48.8 Å². The van der Waals surface area contributed by atoms with Gasteiger partial charge in [0, 0.05) is 40.5 Å². The molecule has 1 amide bonds. The molecule has 6 aromatic rings. The van der Waals surface area contributed by atoms with Crippen molar-refractivity contribution < 1.29 is 18.0 Å². The highest BCUT2D eigenvalue weighted by Crippen LogP contribution is 2.33. The lowest BCUT2D eigenvalue weighted by Gasteiger charge is -2.15. The van der Waals surface area contributed by atoms with Gasteiger partial charge in [0.2, 0.25) is 5.91 Å². The number of benzene rings is 3. The monoisotopic (exact) mass is 550 g/mol. The van der Waals surface area contributed by atoms with Crippen molar-refractivity contribution in [3.05, 3.63) is 131 Å². The Bertz CT molecular complexity index is 1990. The molecule has 0 saturated heterocycles. The second kappa shape index (κ2) is 10.3. The van der Waals surface area contributed by atoms with Crippen LogP contribution in [0.25, 0.3) is 38.8 Å². The molecule has 9 heteroatoms. The van der Waals surface area contributed by atoms with E-state index in [2.05, 4.69) is 15.3 Å². The first-order valence-electron chi connectivity index (χ1n) is 12.7. The van der Waals surface area contributed by atoms with E-state index in [0.29, 0.717) is 38.8 Å². The molecule has 0 aliphatic rings. The summed E-state index contributed by atoms with van der Waals surface area (Å²) in [6, 6.07) is 25.7. The van der Waals surface area contributed by atoms with Crippen molar-refractivity contribution in [1.29, 1.82) is 0 Å². The number of anilines is 1. The van der Waals surface area contributed by atoms with Gasteiger partial charge in [-0.2, -0.15) is 13.2 Å². The molecule has 1 N–H and O–H groups in total. The average molecular weight is 551 g/mol. The van der Waals surface area contributed by atoms with Crippen LogP contribution in [0.2, 0.25) is 0 Å². The number of rotatable bonds is 5. The van der Waals surface area contributed by atoms with Crippen molar-refractivity contribution in [2.24, 2.45) is 0 Å². The summed E-state index contributed by atoms with van der Waals surface area (Å²) < 4.78 is 41.8. The zero-order valence-corrected chi connectivity index (χ0v) is 21.4. The minimum absolute atomic E-state index is 0.0834. The Balaban J connectivity index is 1.49. The number of hydrogen-bond donors (Lipinski definition) is 1. The summed E-state index contributed by atoms with van der Waals surface area (Å²) in [7, 11) is 0. The van der Waals surface area contributed by atoms with Gasteiger partial charge in [0.25, 0.3) is 5.56 Å². The molecule has 0 aliphatic heterocycles. The first-order chi connectivity index (χ1) is 19.8. The standard InChI is InChI=1S/C32H21F3N4O2/c33-32(34,35)23-8-4-9-24(18-23)39-29(41)14-12-22-19-37-26-13-11-21(17-25(26)31(22)39)30-27(10-5-15-36-30)38-28(40)16-20-6-2-1-3-7-20/h1-15,17-19H,16H2,(H,38,40). The van der Waals surface area contributed by atoms with E-state index in [4.69, 9.17) is 0 Å². The minimum Gasteiger partial charge on any atom is -0.324 e. The summed E-state index contributed by atoms with van der Waals surface area (Å²) in [4.78, 5) is 34.9. The van der Waals surface area contributed by atoms with Crippen LogP contribution in [-0.4, -0.2) is 20.4 Å². The normalized spacial score (nSPS) is 11.6. The lowest BCUT2D eigenvalue weighted by Crippen LogP contribution is -2.18. The van der Waals surface area contributed by atoms with Crippen LogP contribution in [0.5, 0.6) is 0 Å². The molecule has 3 aromatic heterocycles. The molecule has 41 heavy (non-hydrogen) atoms. The Morgan fingerprint density at radius 1 is 0.854 bits per heavy atom. The molecular formula is C32H21F3N4O2. The number of halogens is 3. The van der Waals surface area contributed by atoms with Gasteiger partial charge in [0.15, 0.2) is 0 Å². The largest absolute Gasteiger partial charge is 0.416 e. The number of amides is 1. The summed E-state index contributed by atoms with van der Waals surface area (Å²) in [5.41, 5.74) is 2.18. The Morgan fingerprint density at radius 2 is 1.68 bits per heavy atom. The van der Waals surface area contributed by atoms with Crippen molar-refractivity contribution in [2.75, 3.05) is 5.32 Å². The summed E-state index contributed by atoms with van der Waals surface area (Å²) in [6.07, 6.45) is -1.20. The van der Waals surface area contributed by atoms with Crippen LogP contribution >= 0.6 is 0 Å². The van der Waals surface area contributed by atoms with Crippen molar-refractivity contribution >= 4 is 33.4 Å². The van der Waals surface area contributed by atoms with Gasteiger partial charge in [-0.1, -0.05) is 42.5 Å². The van der Waals surface area contributed by atoms with E-state index in [9.17, 15) is 22.8 Å². The van der Waals surface area contributed by atoms with E-state index in [0.717, 1.165) is 17.7 Å². The number of hydrogen-bond acceptors (Lipinski definition) is 4. The molecule has 0 radical (unpaired) electrons. The topological polar surface area (TPSA) is 76.9 Å². The molecule has 3 heterocycles. The lowest BCUT2D eigenvalue weighted by molar-refractivity contribution is -0.137. The predicted molar refractivity (Wildman–Crippen MR) is 152 cm³/mol. The zero-order valence-electron chi connectivity index (χ0n) is 21.4. The van der Waals surface area contributed by atoms with Gasteiger partial charge in [0.1, 0.15) is 0 Å². The van der Waals surface area contributed by atoms with Gasteiger partial charge in [-0.3, -0.25) is 24.1 Å². The van der Waals surface area contributed by atoms with E-state index >= 15 is 0 Å². The number of nitrogens with zero attached hydrogens (tertiary/aromatic N) is 3. The number of carbonyl (C=O) groups is 1. The van der Waals surface area contributed by atoms with Gasteiger partial charge < -0.3 is 5.32 Å². The summed E-state index contributed by atoms with van der Waals surface area (Å²) in [5.74, 6) is -0.211. The number of carbonyl (C=O) groups excluding carboxylic acids is 1. The quantitative estimate of drug-likeness (QED) is 0.240. The maximum Gasteiger partial charge on any atom is 0.416 e. The second-order valence-electron chi connectivity index (χ2n) is 9.46. The van der Waals surface area contributed by atoms with Crippen molar-refractivity contribution in [2.45, 2.75) is 12.6 Å². The van der Waals surface area contributed by atoms with Gasteiger partial charge in [-0.25, -0.2) is 0 Å². The van der Waals surface area contributed by atoms with E-state index in [1.807, 2.05) is 30.3 Å². The smallest absolute Gasteiger partial charge is 0.324 e.